The molecule has 0 saturated heterocycles. The van der Waals surface area contributed by atoms with Crippen LogP contribution in [0.3, 0.4) is 0 Å². The molecule has 0 saturated carbocycles. The third-order valence-corrected chi connectivity index (χ3v) is 4.30. The number of likely N-dealkylation sites (N-methyl/N-ethyl adjacent to an activating group) is 1. The molecule has 0 radical (unpaired) electrons. The van der Waals surface area contributed by atoms with Crippen molar-refractivity contribution < 1.29 is 4.79 Å². The number of fused-ring (bicyclic) bond motifs is 1. The van der Waals surface area contributed by atoms with Gasteiger partial charge in [0.05, 0.1) is 0 Å². The maximum absolute atomic E-state index is 12.1. The molecule has 1 aromatic carbocycles. The molecule has 2 heterocycles. The van der Waals surface area contributed by atoms with Crippen molar-refractivity contribution in [1.82, 2.24) is 24.8 Å². The van der Waals surface area contributed by atoms with Crippen molar-refractivity contribution >= 4 is 28.7 Å². The molecule has 0 aliphatic heterocycles. The van der Waals surface area contributed by atoms with Gasteiger partial charge < -0.3 is 14.8 Å². The SMILES string of the molecule is CN(C)CCNC(=O)CCn1c(-c2ccc(Cl)cc2)nc2cccnc21. The van der Waals surface area contributed by atoms with Crippen LogP contribution < -0.4 is 5.32 Å². The second-order valence-electron chi connectivity index (χ2n) is 6.34. The predicted molar refractivity (Wildman–Crippen MR) is 104 cm³/mol. The van der Waals surface area contributed by atoms with Gasteiger partial charge in [0, 0.05) is 42.8 Å². The van der Waals surface area contributed by atoms with Gasteiger partial charge in [-0.05, 0) is 50.5 Å². The van der Waals surface area contributed by atoms with Crippen LogP contribution in [0.15, 0.2) is 42.6 Å². The molecule has 136 valence electrons. The van der Waals surface area contributed by atoms with Crippen LogP contribution in [0, 0.1) is 0 Å². The molecule has 0 fully saturated rings. The second-order valence-corrected chi connectivity index (χ2v) is 6.78. The maximum atomic E-state index is 12.1. The Balaban J connectivity index is 1.81. The van der Waals surface area contributed by atoms with Crippen molar-refractivity contribution in [3.8, 4) is 11.4 Å². The lowest BCUT2D eigenvalue weighted by atomic mass is 10.2. The first-order chi connectivity index (χ1) is 12.5. The number of benzene rings is 1. The van der Waals surface area contributed by atoms with Gasteiger partial charge in [-0.25, -0.2) is 9.97 Å². The van der Waals surface area contributed by atoms with Crippen LogP contribution in [-0.2, 0) is 11.3 Å². The van der Waals surface area contributed by atoms with E-state index < -0.39 is 0 Å². The van der Waals surface area contributed by atoms with E-state index in [0.717, 1.165) is 29.1 Å². The van der Waals surface area contributed by atoms with E-state index in [4.69, 9.17) is 16.6 Å². The van der Waals surface area contributed by atoms with Crippen LogP contribution >= 0.6 is 11.6 Å². The number of hydrogen-bond acceptors (Lipinski definition) is 4. The van der Waals surface area contributed by atoms with Crippen molar-refractivity contribution in [3.63, 3.8) is 0 Å². The summed E-state index contributed by atoms with van der Waals surface area (Å²) < 4.78 is 1.99. The van der Waals surface area contributed by atoms with E-state index in [2.05, 4.69) is 10.3 Å². The van der Waals surface area contributed by atoms with Crippen molar-refractivity contribution in [2.45, 2.75) is 13.0 Å². The molecule has 0 unspecified atom stereocenters. The normalized spacial score (nSPS) is 11.2. The molecule has 0 spiro atoms. The summed E-state index contributed by atoms with van der Waals surface area (Å²) in [5.41, 5.74) is 2.53. The topological polar surface area (TPSA) is 63.1 Å². The van der Waals surface area contributed by atoms with Gasteiger partial charge >= 0.3 is 0 Å². The number of imidazole rings is 1. The van der Waals surface area contributed by atoms with Crippen LogP contribution in [0.4, 0.5) is 0 Å². The van der Waals surface area contributed by atoms with Crippen LogP contribution in [0.25, 0.3) is 22.6 Å². The minimum absolute atomic E-state index is 0.0201. The average molecular weight is 372 g/mol. The second kappa shape index (κ2) is 8.29. The number of rotatable bonds is 7. The maximum Gasteiger partial charge on any atom is 0.221 e. The number of aryl methyl sites for hydroxylation is 1. The Morgan fingerprint density at radius 2 is 2.00 bits per heavy atom. The molecule has 7 heteroatoms. The van der Waals surface area contributed by atoms with Gasteiger partial charge in [-0.1, -0.05) is 11.6 Å². The molecule has 3 rings (SSSR count). The minimum Gasteiger partial charge on any atom is -0.355 e. The van der Waals surface area contributed by atoms with Crippen LogP contribution in [0.1, 0.15) is 6.42 Å². The van der Waals surface area contributed by atoms with Crippen molar-refractivity contribution in [2.24, 2.45) is 0 Å². The lowest BCUT2D eigenvalue weighted by Gasteiger charge is -2.11. The molecule has 0 atom stereocenters. The molecular weight excluding hydrogens is 350 g/mol. The molecule has 3 aromatic rings. The fraction of sp³-hybridized carbons (Fsp3) is 0.316. The quantitative estimate of drug-likeness (QED) is 0.693. The van der Waals surface area contributed by atoms with Gasteiger partial charge in [-0.3, -0.25) is 4.79 Å². The summed E-state index contributed by atoms with van der Waals surface area (Å²) in [7, 11) is 3.96. The summed E-state index contributed by atoms with van der Waals surface area (Å²) in [6, 6.07) is 11.3. The first kappa shape index (κ1) is 18.4. The zero-order chi connectivity index (χ0) is 18.5. The van der Waals surface area contributed by atoms with Crippen molar-refractivity contribution in [1.29, 1.82) is 0 Å². The van der Waals surface area contributed by atoms with E-state index in [1.165, 1.54) is 0 Å². The summed E-state index contributed by atoms with van der Waals surface area (Å²) in [5.74, 6) is 0.808. The molecule has 0 aliphatic carbocycles. The Labute approximate surface area is 157 Å². The number of halogens is 1. The van der Waals surface area contributed by atoms with Crippen molar-refractivity contribution in [2.75, 3.05) is 27.2 Å². The van der Waals surface area contributed by atoms with E-state index >= 15 is 0 Å². The van der Waals surface area contributed by atoms with Gasteiger partial charge in [0.25, 0.3) is 0 Å². The first-order valence-electron chi connectivity index (χ1n) is 8.53. The number of nitrogens with one attached hydrogen (secondary N) is 1. The van der Waals surface area contributed by atoms with Crippen molar-refractivity contribution in [3.05, 3.63) is 47.6 Å². The Bertz CT molecular complexity index is 889. The van der Waals surface area contributed by atoms with Gasteiger partial charge in [0.1, 0.15) is 11.3 Å². The largest absolute Gasteiger partial charge is 0.355 e. The van der Waals surface area contributed by atoms with E-state index in [9.17, 15) is 4.79 Å². The molecule has 26 heavy (non-hydrogen) atoms. The van der Waals surface area contributed by atoms with Gasteiger partial charge in [0.2, 0.25) is 5.91 Å². The summed E-state index contributed by atoms with van der Waals surface area (Å²) in [6.45, 7) is 1.97. The number of pyridine rings is 1. The fourth-order valence-electron chi connectivity index (χ4n) is 2.71. The Morgan fingerprint density at radius 1 is 1.23 bits per heavy atom. The van der Waals surface area contributed by atoms with E-state index in [1.54, 1.807) is 6.20 Å². The molecule has 2 aromatic heterocycles. The smallest absolute Gasteiger partial charge is 0.221 e. The summed E-state index contributed by atoms with van der Waals surface area (Å²) >= 11 is 6.00. The highest BCUT2D eigenvalue weighted by molar-refractivity contribution is 6.30. The minimum atomic E-state index is 0.0201. The van der Waals surface area contributed by atoms with Crippen LogP contribution in [-0.4, -0.2) is 52.5 Å². The zero-order valence-corrected chi connectivity index (χ0v) is 15.7. The molecule has 1 amide bonds. The number of aromatic nitrogens is 3. The fourth-order valence-corrected chi connectivity index (χ4v) is 2.84. The van der Waals surface area contributed by atoms with Gasteiger partial charge in [-0.15, -0.1) is 0 Å². The summed E-state index contributed by atoms with van der Waals surface area (Å²) in [4.78, 5) is 23.3. The zero-order valence-electron chi connectivity index (χ0n) is 14.9. The van der Waals surface area contributed by atoms with Crippen LogP contribution in [0.5, 0.6) is 0 Å². The number of hydrogen-bond donors (Lipinski definition) is 1. The first-order valence-corrected chi connectivity index (χ1v) is 8.91. The Hall–Kier alpha value is -2.44. The standard InChI is InChI=1S/C19H22ClN5O/c1-24(2)13-11-21-17(26)9-12-25-18(14-5-7-15(20)8-6-14)23-16-4-3-10-22-19(16)25/h3-8,10H,9,11-13H2,1-2H3,(H,21,26). The molecular formula is C19H22ClN5O. The monoisotopic (exact) mass is 371 g/mol. The predicted octanol–water partition coefficient (Wildman–Crippen LogP) is 2.82. The summed E-state index contributed by atoms with van der Waals surface area (Å²) in [5, 5.41) is 3.61. The third-order valence-electron chi connectivity index (χ3n) is 4.05. The summed E-state index contributed by atoms with van der Waals surface area (Å²) in [6.07, 6.45) is 2.11. The van der Waals surface area contributed by atoms with Gasteiger partial charge in [0.15, 0.2) is 5.65 Å². The number of carbonyl (C=O) groups excluding carboxylic acids is 1. The Kier molecular flexibility index (Phi) is 5.85. The molecule has 0 bridgehead atoms. The highest BCUT2D eigenvalue weighted by Crippen LogP contribution is 2.25. The molecule has 6 nitrogen and oxygen atoms in total. The highest BCUT2D eigenvalue weighted by Gasteiger charge is 2.14. The number of carbonyl (C=O) groups is 1. The molecule has 1 N–H and O–H groups in total. The number of amides is 1. The van der Waals surface area contributed by atoms with E-state index in [1.807, 2.05) is 60.0 Å². The van der Waals surface area contributed by atoms with Crippen LogP contribution in [0.2, 0.25) is 5.02 Å². The molecule has 0 aliphatic rings. The highest BCUT2D eigenvalue weighted by atomic mass is 35.5. The lowest BCUT2D eigenvalue weighted by molar-refractivity contribution is -0.121. The lowest BCUT2D eigenvalue weighted by Crippen LogP contribution is -2.31. The van der Waals surface area contributed by atoms with E-state index in [-0.39, 0.29) is 5.91 Å². The Morgan fingerprint density at radius 3 is 2.73 bits per heavy atom. The number of nitrogens with zero attached hydrogens (tertiary/aromatic N) is 4. The van der Waals surface area contributed by atoms with Gasteiger partial charge in [-0.2, -0.15) is 0 Å². The van der Waals surface area contributed by atoms with E-state index in [0.29, 0.717) is 24.5 Å². The average Bonchev–Trinajstić information content (AvgIpc) is 2.99. The third kappa shape index (κ3) is 4.39.